The minimum Gasteiger partial charge on any atom is -0.494 e. The zero-order chi connectivity index (χ0) is 14.7. The molecule has 0 bridgehead atoms. The molecule has 0 aliphatic carbocycles. The fourth-order valence-electron chi connectivity index (χ4n) is 1.95. The van der Waals surface area contributed by atoms with Gasteiger partial charge in [0.15, 0.2) is 4.96 Å². The van der Waals surface area contributed by atoms with Crippen LogP contribution in [0.2, 0.25) is 0 Å². The molecule has 110 valence electrons. The van der Waals surface area contributed by atoms with Crippen LogP contribution in [-0.4, -0.2) is 16.0 Å². The summed E-state index contributed by atoms with van der Waals surface area (Å²) in [6, 6.07) is 7.63. The standard InChI is InChI=1S/C15H15BrN2O2S/c1-2-8-19-11-3-5-12(6-4-11)20-14-13(10-16)18-7-9-21-15(18)17-14/h3-7,9H,2,8,10H2,1H3. The Kier molecular flexibility index (Phi) is 4.45. The van der Waals surface area contributed by atoms with Gasteiger partial charge in [0, 0.05) is 16.9 Å². The van der Waals surface area contributed by atoms with E-state index in [2.05, 4.69) is 27.8 Å². The second-order valence-electron chi connectivity index (χ2n) is 4.47. The van der Waals surface area contributed by atoms with Gasteiger partial charge < -0.3 is 9.47 Å². The molecule has 0 saturated carbocycles. The number of rotatable bonds is 6. The SMILES string of the molecule is CCCOc1ccc(Oc2nc3sccn3c2CBr)cc1. The molecule has 3 rings (SSSR count). The third-order valence-electron chi connectivity index (χ3n) is 2.96. The van der Waals surface area contributed by atoms with Gasteiger partial charge in [-0.3, -0.25) is 4.40 Å². The molecule has 1 aromatic carbocycles. The number of hydrogen-bond acceptors (Lipinski definition) is 4. The van der Waals surface area contributed by atoms with Crippen molar-refractivity contribution in [1.82, 2.24) is 9.38 Å². The van der Waals surface area contributed by atoms with Gasteiger partial charge in [0.05, 0.1) is 12.3 Å². The fourth-order valence-corrected chi connectivity index (χ4v) is 3.19. The second kappa shape index (κ2) is 6.49. The van der Waals surface area contributed by atoms with Crippen LogP contribution in [0.25, 0.3) is 4.96 Å². The van der Waals surface area contributed by atoms with E-state index in [0.29, 0.717) is 11.2 Å². The molecular weight excluding hydrogens is 352 g/mol. The minimum absolute atomic E-state index is 0.640. The third kappa shape index (κ3) is 3.06. The Hall–Kier alpha value is -1.53. The molecule has 0 fully saturated rings. The molecule has 2 heterocycles. The smallest absolute Gasteiger partial charge is 0.243 e. The molecule has 2 aromatic heterocycles. The number of halogens is 1. The van der Waals surface area contributed by atoms with E-state index >= 15 is 0 Å². The van der Waals surface area contributed by atoms with Gasteiger partial charge in [-0.2, -0.15) is 4.98 Å². The lowest BCUT2D eigenvalue weighted by Gasteiger charge is -2.07. The number of nitrogens with zero attached hydrogens (tertiary/aromatic N) is 2. The van der Waals surface area contributed by atoms with Crippen molar-refractivity contribution >= 4 is 32.2 Å². The van der Waals surface area contributed by atoms with Crippen molar-refractivity contribution in [3.63, 3.8) is 0 Å². The highest BCUT2D eigenvalue weighted by molar-refractivity contribution is 9.08. The minimum atomic E-state index is 0.640. The van der Waals surface area contributed by atoms with E-state index in [-0.39, 0.29) is 0 Å². The molecule has 3 aromatic rings. The zero-order valence-electron chi connectivity index (χ0n) is 11.6. The first kappa shape index (κ1) is 14.4. The van der Waals surface area contributed by atoms with Crippen LogP contribution in [0.1, 0.15) is 19.0 Å². The summed E-state index contributed by atoms with van der Waals surface area (Å²) in [5.41, 5.74) is 1.01. The lowest BCUT2D eigenvalue weighted by molar-refractivity contribution is 0.317. The summed E-state index contributed by atoms with van der Waals surface area (Å²) in [5.74, 6) is 2.25. The highest BCUT2D eigenvalue weighted by Gasteiger charge is 2.14. The Morgan fingerprint density at radius 2 is 2.00 bits per heavy atom. The number of ether oxygens (including phenoxy) is 2. The molecule has 0 aliphatic rings. The molecule has 6 heteroatoms. The van der Waals surface area contributed by atoms with Crippen LogP contribution < -0.4 is 9.47 Å². The average Bonchev–Trinajstić information content (AvgIpc) is 3.07. The van der Waals surface area contributed by atoms with E-state index < -0.39 is 0 Å². The number of hydrogen-bond donors (Lipinski definition) is 0. The summed E-state index contributed by atoms with van der Waals surface area (Å²) in [6.45, 7) is 2.81. The lowest BCUT2D eigenvalue weighted by atomic mass is 10.3. The number of benzene rings is 1. The quantitative estimate of drug-likeness (QED) is 0.583. The van der Waals surface area contributed by atoms with Gasteiger partial charge in [-0.15, -0.1) is 11.3 Å². The highest BCUT2D eigenvalue weighted by atomic mass is 79.9. The largest absolute Gasteiger partial charge is 0.494 e. The zero-order valence-corrected chi connectivity index (χ0v) is 14.0. The summed E-state index contributed by atoms with van der Waals surface area (Å²) in [4.78, 5) is 5.44. The van der Waals surface area contributed by atoms with Gasteiger partial charge in [0.1, 0.15) is 11.5 Å². The summed E-state index contributed by atoms with van der Waals surface area (Å²) in [5, 5.41) is 2.70. The molecule has 0 saturated heterocycles. The van der Waals surface area contributed by atoms with Crippen molar-refractivity contribution in [2.45, 2.75) is 18.7 Å². The highest BCUT2D eigenvalue weighted by Crippen LogP contribution is 2.30. The van der Waals surface area contributed by atoms with Crippen LogP contribution in [0.3, 0.4) is 0 Å². The Bertz CT molecular complexity index is 721. The van der Waals surface area contributed by atoms with E-state index in [0.717, 1.165) is 35.2 Å². The summed E-state index contributed by atoms with van der Waals surface area (Å²) in [6.07, 6.45) is 3.00. The maximum Gasteiger partial charge on any atom is 0.243 e. The summed E-state index contributed by atoms with van der Waals surface area (Å²) in [7, 11) is 0. The number of aromatic nitrogens is 2. The van der Waals surface area contributed by atoms with Gasteiger partial charge in [0.2, 0.25) is 5.88 Å². The first-order valence-corrected chi connectivity index (χ1v) is 8.73. The predicted octanol–water partition coefficient (Wildman–Crippen LogP) is 4.87. The molecule has 0 atom stereocenters. The fraction of sp³-hybridized carbons (Fsp3) is 0.267. The Morgan fingerprint density at radius 1 is 1.24 bits per heavy atom. The Morgan fingerprint density at radius 3 is 2.71 bits per heavy atom. The van der Waals surface area contributed by atoms with Gasteiger partial charge in [-0.1, -0.05) is 22.9 Å². The van der Waals surface area contributed by atoms with E-state index in [9.17, 15) is 0 Å². The van der Waals surface area contributed by atoms with Gasteiger partial charge in [0.25, 0.3) is 0 Å². The molecule has 21 heavy (non-hydrogen) atoms. The topological polar surface area (TPSA) is 35.8 Å². The summed E-state index contributed by atoms with van der Waals surface area (Å²) >= 11 is 5.08. The van der Waals surface area contributed by atoms with E-state index in [1.165, 1.54) is 0 Å². The Balaban J connectivity index is 1.79. The van der Waals surface area contributed by atoms with Crippen LogP contribution in [0, 0.1) is 0 Å². The maximum absolute atomic E-state index is 5.89. The molecule has 4 nitrogen and oxygen atoms in total. The van der Waals surface area contributed by atoms with E-state index in [1.807, 2.05) is 40.2 Å². The number of thiazole rings is 1. The van der Waals surface area contributed by atoms with Crippen molar-refractivity contribution in [2.75, 3.05) is 6.61 Å². The van der Waals surface area contributed by atoms with Crippen molar-refractivity contribution in [3.05, 3.63) is 41.5 Å². The molecule has 0 unspecified atom stereocenters. The number of fused-ring (bicyclic) bond motifs is 1. The van der Waals surface area contributed by atoms with Crippen molar-refractivity contribution < 1.29 is 9.47 Å². The molecule has 0 spiro atoms. The molecule has 0 radical (unpaired) electrons. The maximum atomic E-state index is 5.89. The molecule has 0 amide bonds. The van der Waals surface area contributed by atoms with Gasteiger partial charge >= 0.3 is 0 Å². The first-order chi connectivity index (χ1) is 10.3. The van der Waals surface area contributed by atoms with E-state index in [4.69, 9.17) is 9.47 Å². The van der Waals surface area contributed by atoms with E-state index in [1.54, 1.807) is 11.3 Å². The number of alkyl halides is 1. The van der Waals surface area contributed by atoms with Gasteiger partial charge in [-0.05, 0) is 30.7 Å². The first-order valence-electron chi connectivity index (χ1n) is 6.73. The average molecular weight is 367 g/mol. The van der Waals surface area contributed by atoms with Crippen LogP contribution in [0.15, 0.2) is 35.8 Å². The Labute approximate surface area is 135 Å². The van der Waals surface area contributed by atoms with Crippen LogP contribution in [0.5, 0.6) is 17.4 Å². The predicted molar refractivity (Wildman–Crippen MR) is 88.0 cm³/mol. The van der Waals surface area contributed by atoms with Crippen molar-refractivity contribution in [2.24, 2.45) is 0 Å². The summed E-state index contributed by atoms with van der Waals surface area (Å²) < 4.78 is 13.5. The lowest BCUT2D eigenvalue weighted by Crippen LogP contribution is -1.95. The van der Waals surface area contributed by atoms with Gasteiger partial charge in [-0.25, -0.2) is 0 Å². The molecular formula is C15H15BrN2O2S. The normalized spacial score (nSPS) is 11.0. The third-order valence-corrected chi connectivity index (χ3v) is 4.25. The monoisotopic (exact) mass is 366 g/mol. The van der Waals surface area contributed by atoms with Crippen molar-refractivity contribution in [3.8, 4) is 17.4 Å². The molecule has 0 aliphatic heterocycles. The van der Waals surface area contributed by atoms with Crippen molar-refractivity contribution in [1.29, 1.82) is 0 Å². The van der Waals surface area contributed by atoms with Crippen LogP contribution in [0.4, 0.5) is 0 Å². The van der Waals surface area contributed by atoms with Crippen LogP contribution >= 0.6 is 27.3 Å². The number of imidazole rings is 1. The molecule has 0 N–H and O–H groups in total. The van der Waals surface area contributed by atoms with Crippen LogP contribution in [-0.2, 0) is 5.33 Å². The second-order valence-corrected chi connectivity index (χ2v) is 5.91.